The second-order valence-electron chi connectivity index (χ2n) is 4.81. The van der Waals surface area contributed by atoms with Crippen molar-refractivity contribution in [1.29, 1.82) is 0 Å². The van der Waals surface area contributed by atoms with Crippen LogP contribution >= 0.6 is 11.7 Å². The Labute approximate surface area is 137 Å². The minimum absolute atomic E-state index is 0.213. The summed E-state index contributed by atoms with van der Waals surface area (Å²) in [7, 11) is 0. The zero-order valence-electron chi connectivity index (χ0n) is 12.4. The summed E-state index contributed by atoms with van der Waals surface area (Å²) in [6.07, 6.45) is 3.25. The molecule has 0 saturated carbocycles. The molecule has 2 aromatic heterocycles. The van der Waals surface area contributed by atoms with E-state index in [1.54, 1.807) is 48.8 Å². The zero-order valence-corrected chi connectivity index (χ0v) is 13.2. The molecule has 3 rings (SSSR count). The number of amides is 1. The molecule has 6 nitrogen and oxygen atoms in total. The van der Waals surface area contributed by atoms with E-state index >= 15 is 0 Å². The van der Waals surface area contributed by atoms with Crippen LogP contribution in [0.5, 0.6) is 5.75 Å². The summed E-state index contributed by atoms with van der Waals surface area (Å²) >= 11 is 1.16. The fraction of sp³-hybridized carbons (Fsp3) is 0.125. The highest BCUT2D eigenvalue weighted by atomic mass is 32.1. The maximum Gasteiger partial charge on any atom is 0.255 e. The molecule has 23 heavy (non-hydrogen) atoms. The molecule has 0 atom stereocenters. The number of hydrogen-bond donors (Lipinski definition) is 1. The van der Waals surface area contributed by atoms with Crippen molar-refractivity contribution in [1.82, 2.24) is 13.7 Å². The second-order valence-corrected chi connectivity index (χ2v) is 5.34. The number of carbonyl (C=O) groups is 1. The number of rotatable bonds is 5. The average molecular weight is 326 g/mol. The van der Waals surface area contributed by atoms with Crippen molar-refractivity contribution in [2.75, 3.05) is 5.32 Å². The highest BCUT2D eigenvalue weighted by molar-refractivity contribution is 6.99. The Kier molecular flexibility index (Phi) is 4.58. The monoisotopic (exact) mass is 326 g/mol. The highest BCUT2D eigenvalue weighted by Gasteiger charge is 2.09. The van der Waals surface area contributed by atoms with Gasteiger partial charge in [0.15, 0.2) is 0 Å². The summed E-state index contributed by atoms with van der Waals surface area (Å²) in [5.41, 5.74) is 2.83. The van der Waals surface area contributed by atoms with Crippen LogP contribution in [0.2, 0.25) is 0 Å². The molecule has 7 heteroatoms. The van der Waals surface area contributed by atoms with Gasteiger partial charge in [-0.05, 0) is 37.3 Å². The van der Waals surface area contributed by atoms with Crippen molar-refractivity contribution < 1.29 is 9.53 Å². The SMILES string of the molecule is Cc1nsnc1COc1cccc(C(=O)Nc2cccnc2)c1. The maximum absolute atomic E-state index is 12.2. The van der Waals surface area contributed by atoms with Crippen LogP contribution in [0.25, 0.3) is 0 Å². The third-order valence-electron chi connectivity index (χ3n) is 3.14. The molecule has 0 aliphatic heterocycles. The second kappa shape index (κ2) is 6.97. The summed E-state index contributed by atoms with van der Waals surface area (Å²) in [5, 5.41) is 2.79. The fourth-order valence-electron chi connectivity index (χ4n) is 1.90. The average Bonchev–Trinajstić information content (AvgIpc) is 2.99. The third-order valence-corrected chi connectivity index (χ3v) is 3.80. The molecule has 1 aromatic carbocycles. The van der Waals surface area contributed by atoms with Gasteiger partial charge in [-0.2, -0.15) is 8.75 Å². The van der Waals surface area contributed by atoms with Gasteiger partial charge >= 0.3 is 0 Å². The molecule has 3 aromatic rings. The van der Waals surface area contributed by atoms with Crippen molar-refractivity contribution >= 4 is 23.3 Å². The van der Waals surface area contributed by atoms with Crippen LogP contribution in [0.3, 0.4) is 0 Å². The van der Waals surface area contributed by atoms with Crippen molar-refractivity contribution in [2.45, 2.75) is 13.5 Å². The number of aromatic nitrogens is 3. The molecular weight excluding hydrogens is 312 g/mol. The van der Waals surface area contributed by atoms with Crippen LogP contribution in [-0.4, -0.2) is 19.6 Å². The highest BCUT2D eigenvalue weighted by Crippen LogP contribution is 2.17. The van der Waals surface area contributed by atoms with Gasteiger partial charge in [0.05, 0.1) is 29.3 Å². The Morgan fingerprint density at radius 2 is 2.17 bits per heavy atom. The van der Waals surface area contributed by atoms with Crippen LogP contribution in [-0.2, 0) is 6.61 Å². The summed E-state index contributed by atoms with van der Waals surface area (Å²) in [6.45, 7) is 2.22. The number of nitrogens with one attached hydrogen (secondary N) is 1. The maximum atomic E-state index is 12.2. The molecule has 0 fully saturated rings. The van der Waals surface area contributed by atoms with Crippen molar-refractivity contribution in [3.63, 3.8) is 0 Å². The molecule has 1 N–H and O–H groups in total. The molecule has 0 aliphatic rings. The predicted octanol–water partition coefficient (Wildman–Crippen LogP) is 3.07. The van der Waals surface area contributed by atoms with Gasteiger partial charge in [0.2, 0.25) is 0 Å². The summed E-state index contributed by atoms with van der Waals surface area (Å²) in [6, 6.07) is 10.5. The largest absolute Gasteiger partial charge is 0.487 e. The third kappa shape index (κ3) is 3.89. The minimum Gasteiger partial charge on any atom is -0.487 e. The number of benzene rings is 1. The van der Waals surface area contributed by atoms with Gasteiger partial charge in [-0.3, -0.25) is 9.78 Å². The number of carbonyl (C=O) groups excluding carboxylic acids is 1. The zero-order chi connectivity index (χ0) is 16.1. The quantitative estimate of drug-likeness (QED) is 0.779. The number of nitrogens with zero attached hydrogens (tertiary/aromatic N) is 3. The van der Waals surface area contributed by atoms with Gasteiger partial charge < -0.3 is 10.1 Å². The molecule has 2 heterocycles. The first kappa shape index (κ1) is 15.1. The first-order valence-corrected chi connectivity index (χ1v) is 7.67. The fourth-order valence-corrected chi connectivity index (χ4v) is 2.45. The van der Waals surface area contributed by atoms with Crippen LogP contribution in [0.1, 0.15) is 21.7 Å². The summed E-state index contributed by atoms with van der Waals surface area (Å²) < 4.78 is 13.9. The van der Waals surface area contributed by atoms with E-state index in [0.717, 1.165) is 23.1 Å². The molecule has 0 spiro atoms. The van der Waals surface area contributed by atoms with E-state index in [2.05, 4.69) is 19.0 Å². The molecule has 1 amide bonds. The lowest BCUT2D eigenvalue weighted by Crippen LogP contribution is -2.12. The van der Waals surface area contributed by atoms with Crippen molar-refractivity contribution in [3.8, 4) is 5.75 Å². The van der Waals surface area contributed by atoms with E-state index in [4.69, 9.17) is 4.74 Å². The number of aryl methyl sites for hydroxylation is 1. The molecule has 0 bridgehead atoms. The first-order chi connectivity index (χ1) is 11.2. The topological polar surface area (TPSA) is 77.0 Å². The number of hydrogen-bond acceptors (Lipinski definition) is 6. The number of ether oxygens (including phenoxy) is 1. The summed E-state index contributed by atoms with van der Waals surface area (Å²) in [4.78, 5) is 16.2. The molecule has 0 radical (unpaired) electrons. The lowest BCUT2D eigenvalue weighted by atomic mass is 10.2. The standard InChI is InChI=1S/C16H14N4O2S/c1-11-15(20-23-19-11)10-22-14-6-2-4-12(8-14)16(21)18-13-5-3-7-17-9-13/h2-9H,10H2,1H3,(H,18,21). The van der Waals surface area contributed by atoms with Crippen LogP contribution in [0.4, 0.5) is 5.69 Å². The Morgan fingerprint density at radius 3 is 2.91 bits per heavy atom. The van der Waals surface area contributed by atoms with Crippen molar-refractivity contribution in [2.24, 2.45) is 0 Å². The van der Waals surface area contributed by atoms with Crippen LogP contribution in [0.15, 0.2) is 48.8 Å². The van der Waals surface area contributed by atoms with E-state index in [-0.39, 0.29) is 5.91 Å². The normalized spacial score (nSPS) is 10.3. The molecule has 0 saturated heterocycles. The van der Waals surface area contributed by atoms with Gasteiger partial charge in [0.25, 0.3) is 5.91 Å². The van der Waals surface area contributed by atoms with E-state index in [1.807, 2.05) is 6.92 Å². The molecule has 0 unspecified atom stereocenters. The predicted molar refractivity (Wildman–Crippen MR) is 87.6 cm³/mol. The molecule has 116 valence electrons. The smallest absolute Gasteiger partial charge is 0.255 e. The minimum atomic E-state index is -0.213. The van der Waals surface area contributed by atoms with Crippen LogP contribution in [0, 0.1) is 6.92 Å². The van der Waals surface area contributed by atoms with Gasteiger partial charge in [0, 0.05) is 11.8 Å². The van der Waals surface area contributed by atoms with E-state index < -0.39 is 0 Å². The van der Waals surface area contributed by atoms with Gasteiger partial charge in [-0.1, -0.05) is 6.07 Å². The number of anilines is 1. The van der Waals surface area contributed by atoms with Gasteiger partial charge in [-0.15, -0.1) is 0 Å². The lowest BCUT2D eigenvalue weighted by Gasteiger charge is -2.08. The lowest BCUT2D eigenvalue weighted by molar-refractivity contribution is 0.102. The van der Waals surface area contributed by atoms with Gasteiger partial charge in [0.1, 0.15) is 18.1 Å². The molecule has 0 aliphatic carbocycles. The van der Waals surface area contributed by atoms with Crippen molar-refractivity contribution in [3.05, 3.63) is 65.7 Å². The Morgan fingerprint density at radius 1 is 1.26 bits per heavy atom. The Bertz CT molecular complexity index is 805. The molecular formula is C16H14N4O2S. The van der Waals surface area contributed by atoms with Crippen LogP contribution < -0.4 is 10.1 Å². The summed E-state index contributed by atoms with van der Waals surface area (Å²) in [5.74, 6) is 0.395. The van der Waals surface area contributed by atoms with E-state index in [0.29, 0.717) is 23.6 Å². The van der Waals surface area contributed by atoms with E-state index in [9.17, 15) is 4.79 Å². The Balaban J connectivity index is 1.67. The number of pyridine rings is 1. The first-order valence-electron chi connectivity index (χ1n) is 6.94. The van der Waals surface area contributed by atoms with E-state index in [1.165, 1.54) is 0 Å². The Hall–Kier alpha value is -2.80. The van der Waals surface area contributed by atoms with Gasteiger partial charge in [-0.25, -0.2) is 0 Å².